The van der Waals surface area contributed by atoms with Crippen molar-refractivity contribution in [3.8, 4) is 33.9 Å². The third-order valence-electron chi connectivity index (χ3n) is 5.49. The Morgan fingerprint density at radius 3 is 2.41 bits per heavy atom. The molecule has 0 amide bonds. The zero-order valence-corrected chi connectivity index (χ0v) is 18.6. The molecular weight excluding hydrogens is 460 g/mol. The molecule has 3 aromatic carbocycles. The van der Waals surface area contributed by atoms with Crippen LogP contribution in [0.4, 0.5) is 5.69 Å². The zero-order valence-electron chi connectivity index (χ0n) is 17.8. The second-order valence-electron chi connectivity index (χ2n) is 7.57. The number of aliphatic carboxylic acids is 1. The standard InChI is InChI=1S/C25H18N2O6.ClH/c28-23(29)14-19-24(15-4-2-1-3-5-15)18-13-17(27(30)31)7-8-20(18)26-25(19)16-6-9-21-22(12-16)33-11-10-32-21;/h1-9,12-13H,10-11,14H2,(H,28,29);1H. The van der Waals surface area contributed by atoms with Crippen LogP contribution in [0.3, 0.4) is 0 Å². The van der Waals surface area contributed by atoms with Crippen LogP contribution in [0.2, 0.25) is 0 Å². The lowest BCUT2D eigenvalue weighted by molar-refractivity contribution is -0.384. The number of hydrogen-bond acceptors (Lipinski definition) is 6. The molecule has 8 nitrogen and oxygen atoms in total. The molecule has 2 heterocycles. The van der Waals surface area contributed by atoms with Crippen LogP contribution in [0, 0.1) is 10.1 Å². The van der Waals surface area contributed by atoms with E-state index >= 15 is 0 Å². The first-order valence-electron chi connectivity index (χ1n) is 10.3. The summed E-state index contributed by atoms with van der Waals surface area (Å²) < 4.78 is 11.3. The van der Waals surface area contributed by atoms with Crippen LogP contribution in [0.25, 0.3) is 33.3 Å². The van der Waals surface area contributed by atoms with Gasteiger partial charge in [0.2, 0.25) is 0 Å². The summed E-state index contributed by atoms with van der Waals surface area (Å²) in [5, 5.41) is 21.7. The maximum absolute atomic E-state index is 11.9. The Balaban J connectivity index is 0.00000274. The van der Waals surface area contributed by atoms with E-state index in [4.69, 9.17) is 14.5 Å². The van der Waals surface area contributed by atoms with E-state index in [9.17, 15) is 20.0 Å². The second kappa shape index (κ2) is 9.36. The van der Waals surface area contributed by atoms with Gasteiger partial charge in [0.05, 0.1) is 22.6 Å². The number of hydrogen-bond donors (Lipinski definition) is 1. The molecule has 1 aliphatic heterocycles. The summed E-state index contributed by atoms with van der Waals surface area (Å²) in [5.74, 6) is 0.147. The molecule has 1 aromatic heterocycles. The van der Waals surface area contributed by atoms with Crippen LogP contribution >= 0.6 is 12.4 Å². The third kappa shape index (κ3) is 4.23. The molecule has 0 unspecified atom stereocenters. The molecule has 0 fully saturated rings. The van der Waals surface area contributed by atoms with Crippen LogP contribution in [-0.2, 0) is 11.2 Å². The third-order valence-corrected chi connectivity index (χ3v) is 5.49. The Kier molecular flexibility index (Phi) is 6.34. The van der Waals surface area contributed by atoms with Crippen molar-refractivity contribution in [1.82, 2.24) is 4.98 Å². The Bertz CT molecular complexity index is 1410. The summed E-state index contributed by atoms with van der Waals surface area (Å²) in [5.41, 5.74) is 3.42. The SMILES string of the molecule is Cl.O=C(O)Cc1c(-c2ccc3c(c2)OCCO3)nc2ccc([N+](=O)[O-])cc2c1-c1ccccc1. The van der Waals surface area contributed by atoms with Gasteiger partial charge in [0.15, 0.2) is 11.5 Å². The van der Waals surface area contributed by atoms with Gasteiger partial charge >= 0.3 is 5.97 Å². The van der Waals surface area contributed by atoms with Crippen molar-refractivity contribution >= 4 is 35.0 Å². The van der Waals surface area contributed by atoms with Crippen LogP contribution in [-0.4, -0.2) is 34.2 Å². The lowest BCUT2D eigenvalue weighted by Crippen LogP contribution is -2.15. The number of nitrogens with zero attached hydrogens (tertiary/aromatic N) is 2. The van der Waals surface area contributed by atoms with E-state index < -0.39 is 10.9 Å². The van der Waals surface area contributed by atoms with Crippen molar-refractivity contribution in [2.24, 2.45) is 0 Å². The van der Waals surface area contributed by atoms with Gasteiger partial charge in [-0.1, -0.05) is 30.3 Å². The Hall–Kier alpha value is -4.17. The quantitative estimate of drug-likeness (QED) is 0.306. The van der Waals surface area contributed by atoms with Crippen molar-refractivity contribution in [1.29, 1.82) is 0 Å². The van der Waals surface area contributed by atoms with E-state index in [2.05, 4.69) is 0 Å². The van der Waals surface area contributed by atoms with E-state index in [1.165, 1.54) is 12.1 Å². The highest BCUT2D eigenvalue weighted by atomic mass is 35.5. The number of carboxylic acids is 1. The van der Waals surface area contributed by atoms with Crippen molar-refractivity contribution in [3.63, 3.8) is 0 Å². The average molecular weight is 479 g/mol. The summed E-state index contributed by atoms with van der Waals surface area (Å²) in [6.07, 6.45) is -0.306. The Labute approximate surface area is 200 Å². The number of benzene rings is 3. The molecule has 4 aromatic rings. The fourth-order valence-electron chi connectivity index (χ4n) is 4.09. The Morgan fingerprint density at radius 2 is 1.71 bits per heavy atom. The van der Waals surface area contributed by atoms with Gasteiger partial charge in [-0.2, -0.15) is 0 Å². The van der Waals surface area contributed by atoms with Gasteiger partial charge in [-0.3, -0.25) is 14.9 Å². The van der Waals surface area contributed by atoms with Gasteiger partial charge in [0.25, 0.3) is 5.69 Å². The number of fused-ring (bicyclic) bond motifs is 2. The van der Waals surface area contributed by atoms with Crippen molar-refractivity contribution in [3.05, 3.63) is 82.4 Å². The minimum atomic E-state index is -1.03. The van der Waals surface area contributed by atoms with Crippen LogP contribution in [0.15, 0.2) is 66.7 Å². The highest BCUT2D eigenvalue weighted by molar-refractivity contribution is 6.01. The van der Waals surface area contributed by atoms with Gasteiger partial charge < -0.3 is 14.6 Å². The number of carbonyl (C=O) groups is 1. The fraction of sp³-hybridized carbons (Fsp3) is 0.120. The number of halogens is 1. The van der Waals surface area contributed by atoms with E-state index in [-0.39, 0.29) is 24.5 Å². The van der Waals surface area contributed by atoms with Gasteiger partial charge in [0, 0.05) is 23.1 Å². The molecular formula is C25H19ClN2O6. The smallest absolute Gasteiger partial charge is 0.307 e. The maximum atomic E-state index is 11.9. The molecule has 9 heteroatoms. The lowest BCUT2D eigenvalue weighted by Gasteiger charge is -2.20. The van der Waals surface area contributed by atoms with Gasteiger partial charge in [-0.15, -0.1) is 12.4 Å². The number of ether oxygens (including phenoxy) is 2. The number of rotatable bonds is 5. The van der Waals surface area contributed by atoms with Crippen molar-refractivity contribution in [2.45, 2.75) is 6.42 Å². The highest BCUT2D eigenvalue weighted by Crippen LogP contribution is 2.41. The van der Waals surface area contributed by atoms with Crippen LogP contribution in [0.5, 0.6) is 11.5 Å². The molecule has 0 saturated heterocycles. The first-order valence-corrected chi connectivity index (χ1v) is 10.3. The number of aromatic nitrogens is 1. The number of pyridine rings is 1. The maximum Gasteiger partial charge on any atom is 0.307 e. The second-order valence-corrected chi connectivity index (χ2v) is 7.57. The van der Waals surface area contributed by atoms with E-state index in [0.29, 0.717) is 58.0 Å². The molecule has 1 aliphatic rings. The number of non-ortho nitro benzene ring substituents is 1. The molecule has 172 valence electrons. The molecule has 1 N–H and O–H groups in total. The first kappa shape index (κ1) is 23.0. The van der Waals surface area contributed by atoms with Crippen molar-refractivity contribution < 1.29 is 24.3 Å². The van der Waals surface area contributed by atoms with Gasteiger partial charge in [0.1, 0.15) is 13.2 Å². The van der Waals surface area contributed by atoms with Gasteiger partial charge in [-0.05, 0) is 41.0 Å². The fourth-order valence-corrected chi connectivity index (χ4v) is 4.09. The topological polar surface area (TPSA) is 112 Å². The van der Waals surface area contributed by atoms with Crippen LogP contribution in [0.1, 0.15) is 5.56 Å². The number of nitro groups is 1. The molecule has 0 saturated carbocycles. The molecule has 0 radical (unpaired) electrons. The van der Waals surface area contributed by atoms with Crippen molar-refractivity contribution in [2.75, 3.05) is 13.2 Å². The summed E-state index contributed by atoms with van der Waals surface area (Å²) in [6, 6.07) is 19.1. The summed E-state index contributed by atoms with van der Waals surface area (Å²) in [6.45, 7) is 0.879. The van der Waals surface area contributed by atoms with Gasteiger partial charge in [-0.25, -0.2) is 4.98 Å². The molecule has 5 rings (SSSR count). The highest BCUT2D eigenvalue weighted by Gasteiger charge is 2.23. The lowest BCUT2D eigenvalue weighted by atomic mass is 9.90. The Morgan fingerprint density at radius 1 is 0.971 bits per heavy atom. The predicted octanol–water partition coefficient (Wildman–Crippen LogP) is 5.30. The summed E-state index contributed by atoms with van der Waals surface area (Å²) in [4.78, 5) is 27.6. The number of carboxylic acid groups (broad SMARTS) is 1. The normalized spacial score (nSPS) is 12.1. The molecule has 0 atom stereocenters. The molecule has 0 spiro atoms. The number of nitro benzene ring substituents is 1. The van der Waals surface area contributed by atoms with E-state index in [1.807, 2.05) is 36.4 Å². The molecule has 0 bridgehead atoms. The average Bonchev–Trinajstić information content (AvgIpc) is 2.83. The van der Waals surface area contributed by atoms with E-state index in [0.717, 1.165) is 5.56 Å². The molecule has 0 aliphatic carbocycles. The largest absolute Gasteiger partial charge is 0.486 e. The van der Waals surface area contributed by atoms with Crippen LogP contribution < -0.4 is 9.47 Å². The minimum Gasteiger partial charge on any atom is -0.486 e. The predicted molar refractivity (Wildman–Crippen MR) is 129 cm³/mol. The van der Waals surface area contributed by atoms with E-state index in [1.54, 1.807) is 18.2 Å². The summed E-state index contributed by atoms with van der Waals surface area (Å²) >= 11 is 0. The minimum absolute atomic E-state index is 0. The molecule has 34 heavy (non-hydrogen) atoms. The zero-order chi connectivity index (χ0) is 22.9. The monoisotopic (exact) mass is 478 g/mol. The summed E-state index contributed by atoms with van der Waals surface area (Å²) in [7, 11) is 0. The first-order chi connectivity index (χ1) is 16.0.